The first-order valence-electron chi connectivity index (χ1n) is 13.5. The summed E-state index contributed by atoms with van der Waals surface area (Å²) in [6, 6.07) is 0. The fourth-order valence-electron chi connectivity index (χ4n) is 3.81. The van der Waals surface area contributed by atoms with Crippen LogP contribution in [0.5, 0.6) is 0 Å². The highest BCUT2D eigenvalue weighted by Gasteiger charge is 2.23. The Labute approximate surface area is 212 Å². The lowest BCUT2D eigenvalue weighted by Gasteiger charge is -2.31. The van der Waals surface area contributed by atoms with Crippen molar-refractivity contribution in [2.24, 2.45) is 11.1 Å². The third-order valence-corrected chi connectivity index (χ3v) is 5.93. The van der Waals surface area contributed by atoms with Crippen LogP contribution in [0.3, 0.4) is 0 Å². The van der Waals surface area contributed by atoms with Crippen LogP contribution in [0.4, 0.5) is 0 Å². The Kier molecular flexibility index (Phi) is 19.8. The largest absolute Gasteiger partial charge is 0.356 e. The van der Waals surface area contributed by atoms with E-state index in [9.17, 15) is 9.59 Å². The minimum Gasteiger partial charge on any atom is -0.356 e. The molecule has 35 heavy (non-hydrogen) atoms. The Hall–Kier alpha value is -1.34. The second-order valence-electron chi connectivity index (χ2n) is 9.64. The van der Waals surface area contributed by atoms with E-state index >= 15 is 0 Å². The van der Waals surface area contributed by atoms with Crippen LogP contribution in [0.15, 0.2) is 0 Å². The molecule has 0 unspecified atom stereocenters. The highest BCUT2D eigenvalue weighted by Crippen LogP contribution is 2.12. The molecule has 11 nitrogen and oxygen atoms in total. The van der Waals surface area contributed by atoms with Crippen molar-refractivity contribution in [3.05, 3.63) is 0 Å². The molecule has 206 valence electrons. The predicted molar refractivity (Wildman–Crippen MR) is 143 cm³/mol. The molecule has 1 heterocycles. The molecule has 2 amide bonds. The van der Waals surface area contributed by atoms with Gasteiger partial charge in [0.15, 0.2) is 0 Å². The second kappa shape index (κ2) is 21.9. The summed E-state index contributed by atoms with van der Waals surface area (Å²) < 4.78 is 0. The van der Waals surface area contributed by atoms with Crippen molar-refractivity contribution in [3.63, 3.8) is 0 Å². The minimum atomic E-state index is -0.0166. The van der Waals surface area contributed by atoms with Crippen molar-refractivity contribution >= 4 is 11.8 Å². The third kappa shape index (κ3) is 19.5. The molecule has 1 rings (SSSR count). The van der Waals surface area contributed by atoms with Gasteiger partial charge < -0.3 is 48.3 Å². The van der Waals surface area contributed by atoms with Gasteiger partial charge in [-0.2, -0.15) is 0 Å². The van der Waals surface area contributed by atoms with E-state index in [1.807, 2.05) is 0 Å². The Morgan fingerprint density at radius 3 is 1.89 bits per heavy atom. The van der Waals surface area contributed by atoms with Crippen LogP contribution in [-0.2, 0) is 9.59 Å². The molecule has 1 saturated heterocycles. The normalized spacial score (nSPS) is 17.9. The molecule has 0 aliphatic carbocycles. The molecule has 0 bridgehead atoms. The van der Waals surface area contributed by atoms with Crippen molar-refractivity contribution in [2.75, 3.05) is 98.2 Å². The first kappa shape index (κ1) is 31.7. The van der Waals surface area contributed by atoms with Crippen LogP contribution < -0.4 is 48.3 Å². The van der Waals surface area contributed by atoms with Gasteiger partial charge in [0, 0.05) is 96.8 Å². The summed E-state index contributed by atoms with van der Waals surface area (Å²) in [5, 5.41) is 26.8. The standard InChI is InChI=1S/C24H53N9O2/c1-24(19-29-14-11-26-8-4-9-27-12-15-30-20-24)21-31-16-13-28-17-18-33-23(35)6-2-5-22(34)32-10-3-7-25/h26-31H,2-21,25H2,1H3,(H,32,34)(H,33,35). The molecule has 0 radical (unpaired) electrons. The van der Waals surface area contributed by atoms with Crippen molar-refractivity contribution in [3.8, 4) is 0 Å². The summed E-state index contributed by atoms with van der Waals surface area (Å²) in [7, 11) is 0. The van der Waals surface area contributed by atoms with E-state index in [1.165, 1.54) is 6.42 Å². The van der Waals surface area contributed by atoms with Gasteiger partial charge in [-0.1, -0.05) is 6.92 Å². The number of nitrogens with two attached hydrogens (primary N) is 1. The highest BCUT2D eigenvalue weighted by molar-refractivity contribution is 5.78. The number of nitrogens with one attached hydrogen (secondary N) is 8. The third-order valence-electron chi connectivity index (χ3n) is 5.93. The van der Waals surface area contributed by atoms with Crippen molar-refractivity contribution in [1.82, 2.24) is 42.5 Å². The van der Waals surface area contributed by atoms with Gasteiger partial charge in [-0.15, -0.1) is 0 Å². The summed E-state index contributed by atoms with van der Waals surface area (Å²) >= 11 is 0. The topological polar surface area (TPSA) is 156 Å². The monoisotopic (exact) mass is 499 g/mol. The lowest BCUT2D eigenvalue weighted by molar-refractivity contribution is -0.122. The zero-order valence-corrected chi connectivity index (χ0v) is 22.0. The van der Waals surface area contributed by atoms with Gasteiger partial charge in [-0.05, 0) is 38.9 Å². The molecular weight excluding hydrogens is 446 g/mol. The van der Waals surface area contributed by atoms with Gasteiger partial charge in [0.2, 0.25) is 11.8 Å². The minimum absolute atomic E-state index is 0.00756. The Morgan fingerprint density at radius 2 is 1.26 bits per heavy atom. The molecule has 1 aliphatic heterocycles. The first-order chi connectivity index (χ1) is 17.1. The van der Waals surface area contributed by atoms with Crippen LogP contribution in [-0.4, -0.2) is 110 Å². The maximum absolute atomic E-state index is 11.9. The van der Waals surface area contributed by atoms with Gasteiger partial charge in [0.1, 0.15) is 0 Å². The summed E-state index contributed by atoms with van der Waals surface area (Å²) in [5.74, 6) is -0.0241. The zero-order chi connectivity index (χ0) is 25.5. The van der Waals surface area contributed by atoms with E-state index in [4.69, 9.17) is 5.73 Å². The maximum atomic E-state index is 11.9. The summed E-state index contributed by atoms with van der Waals surface area (Å²) in [4.78, 5) is 23.5. The molecule has 1 aliphatic rings. The van der Waals surface area contributed by atoms with E-state index in [0.717, 1.165) is 85.0 Å². The van der Waals surface area contributed by atoms with E-state index in [1.54, 1.807) is 0 Å². The maximum Gasteiger partial charge on any atom is 0.220 e. The SMILES string of the molecule is CC1(CNCCNCCNC(=O)CCCC(=O)NCCCN)CNCCNCCCNCCNC1. The molecule has 0 saturated carbocycles. The number of hydrogen-bond acceptors (Lipinski definition) is 9. The number of amides is 2. The molecule has 0 spiro atoms. The molecule has 0 atom stereocenters. The second-order valence-corrected chi connectivity index (χ2v) is 9.64. The Morgan fingerprint density at radius 1 is 0.714 bits per heavy atom. The van der Waals surface area contributed by atoms with E-state index < -0.39 is 0 Å². The van der Waals surface area contributed by atoms with Crippen LogP contribution in [0.2, 0.25) is 0 Å². The molecule has 0 aromatic carbocycles. The average molecular weight is 500 g/mol. The molecule has 11 heteroatoms. The van der Waals surface area contributed by atoms with Crippen LogP contribution in [0.1, 0.15) is 39.0 Å². The van der Waals surface area contributed by atoms with Crippen LogP contribution >= 0.6 is 0 Å². The first-order valence-corrected chi connectivity index (χ1v) is 13.5. The molecular formula is C24H53N9O2. The van der Waals surface area contributed by atoms with Gasteiger partial charge >= 0.3 is 0 Å². The Balaban J connectivity index is 2.06. The number of rotatable bonds is 15. The Bertz CT molecular complexity index is 523. The zero-order valence-electron chi connectivity index (χ0n) is 22.0. The van der Waals surface area contributed by atoms with Crippen molar-refractivity contribution in [1.29, 1.82) is 0 Å². The number of hydrogen-bond donors (Lipinski definition) is 9. The van der Waals surface area contributed by atoms with Crippen LogP contribution in [0, 0.1) is 5.41 Å². The molecule has 10 N–H and O–H groups in total. The van der Waals surface area contributed by atoms with Crippen molar-refractivity contribution in [2.45, 2.75) is 39.0 Å². The van der Waals surface area contributed by atoms with Gasteiger partial charge in [-0.3, -0.25) is 9.59 Å². The van der Waals surface area contributed by atoms with E-state index in [2.05, 4.69) is 49.5 Å². The summed E-state index contributed by atoms with van der Waals surface area (Å²) in [6.07, 6.45) is 3.25. The molecule has 0 aromatic heterocycles. The van der Waals surface area contributed by atoms with Gasteiger partial charge in [-0.25, -0.2) is 0 Å². The summed E-state index contributed by atoms with van der Waals surface area (Å²) in [6.45, 7) is 15.5. The molecule has 1 fully saturated rings. The fourth-order valence-corrected chi connectivity index (χ4v) is 3.81. The number of carbonyl (C=O) groups excluding carboxylic acids is 2. The average Bonchev–Trinajstić information content (AvgIpc) is 2.83. The molecule has 0 aromatic rings. The smallest absolute Gasteiger partial charge is 0.220 e. The van der Waals surface area contributed by atoms with Crippen LogP contribution in [0.25, 0.3) is 0 Å². The number of carbonyl (C=O) groups is 2. The van der Waals surface area contributed by atoms with Gasteiger partial charge in [0.25, 0.3) is 0 Å². The van der Waals surface area contributed by atoms with E-state index in [0.29, 0.717) is 38.9 Å². The lowest BCUT2D eigenvalue weighted by Crippen LogP contribution is -2.49. The van der Waals surface area contributed by atoms with E-state index in [-0.39, 0.29) is 17.2 Å². The van der Waals surface area contributed by atoms with Crippen molar-refractivity contribution < 1.29 is 9.59 Å². The highest BCUT2D eigenvalue weighted by atomic mass is 16.2. The van der Waals surface area contributed by atoms with Gasteiger partial charge in [0.05, 0.1) is 0 Å². The quantitative estimate of drug-likeness (QED) is 0.113. The predicted octanol–water partition coefficient (Wildman–Crippen LogP) is -2.31. The lowest BCUT2D eigenvalue weighted by atomic mass is 9.90. The fraction of sp³-hybridized carbons (Fsp3) is 0.917. The summed E-state index contributed by atoms with van der Waals surface area (Å²) in [5.41, 5.74) is 5.54.